The number of amides is 1. The average molecular weight is 380 g/mol. The SMILES string of the molecule is CC(=O)NCc1ccc(S(=O)(=O)NCC2NCCc3ccccc32)s1. The van der Waals surface area contributed by atoms with Gasteiger partial charge in [0.25, 0.3) is 0 Å². The Hall–Kier alpha value is -1.74. The van der Waals surface area contributed by atoms with Crippen molar-refractivity contribution >= 4 is 27.3 Å². The largest absolute Gasteiger partial charge is 0.351 e. The second kappa shape index (κ2) is 7.65. The topological polar surface area (TPSA) is 87.3 Å². The summed E-state index contributed by atoms with van der Waals surface area (Å²) in [5.74, 6) is -0.141. The van der Waals surface area contributed by atoms with Crippen molar-refractivity contribution in [3.63, 3.8) is 0 Å². The van der Waals surface area contributed by atoms with Crippen LogP contribution in [0.15, 0.2) is 40.6 Å². The molecule has 8 heteroatoms. The minimum atomic E-state index is -3.56. The predicted octanol–water partition coefficient (Wildman–Crippen LogP) is 1.55. The molecule has 0 saturated heterocycles. The molecule has 3 N–H and O–H groups in total. The number of carbonyl (C=O) groups is 1. The van der Waals surface area contributed by atoms with Crippen molar-refractivity contribution in [2.24, 2.45) is 0 Å². The first kappa shape index (κ1) is 18.1. The molecule has 0 bridgehead atoms. The van der Waals surface area contributed by atoms with Crippen LogP contribution in [0.4, 0.5) is 0 Å². The van der Waals surface area contributed by atoms with Gasteiger partial charge in [0.2, 0.25) is 15.9 Å². The molecule has 1 amide bonds. The Bertz CT molecular complexity index is 862. The number of sulfonamides is 1. The molecule has 0 aliphatic carbocycles. The maximum Gasteiger partial charge on any atom is 0.250 e. The van der Waals surface area contributed by atoms with E-state index in [4.69, 9.17) is 0 Å². The van der Waals surface area contributed by atoms with E-state index in [-0.39, 0.29) is 16.2 Å². The molecule has 0 radical (unpaired) electrons. The lowest BCUT2D eigenvalue weighted by molar-refractivity contribution is -0.119. The van der Waals surface area contributed by atoms with Crippen LogP contribution in [0.3, 0.4) is 0 Å². The van der Waals surface area contributed by atoms with E-state index in [9.17, 15) is 13.2 Å². The van der Waals surface area contributed by atoms with Crippen LogP contribution in [0.2, 0.25) is 0 Å². The van der Waals surface area contributed by atoms with Gasteiger partial charge in [-0.2, -0.15) is 0 Å². The third-order valence-electron chi connectivity index (χ3n) is 4.11. The highest BCUT2D eigenvalue weighted by Gasteiger charge is 2.23. The van der Waals surface area contributed by atoms with Crippen molar-refractivity contribution in [3.05, 3.63) is 52.4 Å². The second-order valence-electron chi connectivity index (χ2n) is 5.94. The van der Waals surface area contributed by atoms with Crippen LogP contribution < -0.4 is 15.4 Å². The number of rotatable bonds is 6. The van der Waals surface area contributed by atoms with Gasteiger partial charge in [0.05, 0.1) is 6.54 Å². The summed E-state index contributed by atoms with van der Waals surface area (Å²) in [6.07, 6.45) is 0.955. The minimum Gasteiger partial charge on any atom is -0.351 e. The molecular formula is C17H21N3O3S2. The summed E-state index contributed by atoms with van der Waals surface area (Å²) in [5, 5.41) is 6.03. The molecule has 6 nitrogen and oxygen atoms in total. The summed E-state index contributed by atoms with van der Waals surface area (Å²) < 4.78 is 28.0. The van der Waals surface area contributed by atoms with Crippen LogP contribution in [0.25, 0.3) is 0 Å². The summed E-state index contributed by atoms with van der Waals surface area (Å²) in [6.45, 7) is 2.91. The van der Waals surface area contributed by atoms with E-state index in [0.29, 0.717) is 13.1 Å². The molecule has 0 spiro atoms. The Labute approximate surface area is 151 Å². The van der Waals surface area contributed by atoms with Gasteiger partial charge >= 0.3 is 0 Å². The predicted molar refractivity (Wildman–Crippen MR) is 97.9 cm³/mol. The molecule has 1 aromatic heterocycles. The summed E-state index contributed by atoms with van der Waals surface area (Å²) in [7, 11) is -3.56. The van der Waals surface area contributed by atoms with Crippen molar-refractivity contribution in [1.82, 2.24) is 15.4 Å². The fourth-order valence-electron chi connectivity index (χ4n) is 2.85. The number of benzene rings is 1. The lowest BCUT2D eigenvalue weighted by Crippen LogP contribution is -2.38. The van der Waals surface area contributed by atoms with Crippen molar-refractivity contribution in [3.8, 4) is 0 Å². The van der Waals surface area contributed by atoms with E-state index in [0.717, 1.165) is 23.4 Å². The normalized spacial score (nSPS) is 17.1. The zero-order valence-electron chi connectivity index (χ0n) is 13.9. The molecule has 2 heterocycles. The molecule has 25 heavy (non-hydrogen) atoms. The van der Waals surface area contributed by atoms with Gasteiger partial charge in [0.1, 0.15) is 4.21 Å². The molecule has 1 aliphatic heterocycles. The summed E-state index contributed by atoms with van der Waals surface area (Å²) in [6, 6.07) is 11.4. The highest BCUT2D eigenvalue weighted by Crippen LogP contribution is 2.24. The maximum atomic E-state index is 12.5. The zero-order chi connectivity index (χ0) is 17.9. The number of hydrogen-bond acceptors (Lipinski definition) is 5. The molecule has 2 aromatic rings. The third-order valence-corrected chi connectivity index (χ3v) is 7.11. The van der Waals surface area contributed by atoms with Gasteiger partial charge in [0, 0.05) is 24.4 Å². The third kappa shape index (κ3) is 4.46. The first-order valence-corrected chi connectivity index (χ1v) is 10.4. The van der Waals surface area contributed by atoms with Gasteiger partial charge in [-0.1, -0.05) is 24.3 Å². The number of fused-ring (bicyclic) bond motifs is 1. The Morgan fingerprint density at radius 1 is 1.28 bits per heavy atom. The standard InChI is InChI=1S/C17H21N3O3S2/c1-12(21)19-10-14-6-7-17(24-14)25(22,23)20-11-16-15-5-3-2-4-13(15)8-9-18-16/h2-7,16,18,20H,8-11H2,1H3,(H,19,21). The molecule has 0 saturated carbocycles. The molecule has 0 fully saturated rings. The van der Waals surface area contributed by atoms with Crippen molar-refractivity contribution in [2.75, 3.05) is 13.1 Å². The van der Waals surface area contributed by atoms with Gasteiger partial charge in [-0.25, -0.2) is 13.1 Å². The van der Waals surface area contributed by atoms with Crippen LogP contribution in [0.5, 0.6) is 0 Å². The number of hydrogen-bond donors (Lipinski definition) is 3. The summed E-state index contributed by atoms with van der Waals surface area (Å²) in [4.78, 5) is 11.8. The Kier molecular flexibility index (Phi) is 5.53. The maximum absolute atomic E-state index is 12.5. The van der Waals surface area contributed by atoms with E-state index in [1.54, 1.807) is 12.1 Å². The van der Waals surface area contributed by atoms with E-state index < -0.39 is 10.0 Å². The molecule has 3 rings (SSSR count). The van der Waals surface area contributed by atoms with E-state index in [1.807, 2.05) is 18.2 Å². The van der Waals surface area contributed by atoms with Crippen molar-refractivity contribution in [2.45, 2.75) is 30.1 Å². The van der Waals surface area contributed by atoms with Gasteiger partial charge < -0.3 is 10.6 Å². The minimum absolute atomic E-state index is 0.0291. The highest BCUT2D eigenvalue weighted by atomic mass is 32.2. The van der Waals surface area contributed by atoms with Crippen LogP contribution >= 0.6 is 11.3 Å². The van der Waals surface area contributed by atoms with Gasteiger partial charge in [-0.15, -0.1) is 11.3 Å². The van der Waals surface area contributed by atoms with Crippen LogP contribution in [0.1, 0.15) is 29.0 Å². The average Bonchev–Trinajstić information content (AvgIpc) is 3.08. The monoisotopic (exact) mass is 379 g/mol. The Balaban J connectivity index is 1.66. The highest BCUT2D eigenvalue weighted by molar-refractivity contribution is 7.91. The first-order chi connectivity index (χ1) is 12.0. The first-order valence-electron chi connectivity index (χ1n) is 8.10. The molecule has 1 aliphatic rings. The molecule has 134 valence electrons. The van der Waals surface area contributed by atoms with Crippen LogP contribution in [-0.4, -0.2) is 27.4 Å². The smallest absolute Gasteiger partial charge is 0.250 e. The fourth-order valence-corrected chi connectivity index (χ4v) is 5.24. The molecule has 1 atom stereocenters. The lowest BCUT2D eigenvalue weighted by Gasteiger charge is -2.27. The number of thiophene rings is 1. The van der Waals surface area contributed by atoms with Crippen LogP contribution in [0, 0.1) is 0 Å². The number of carbonyl (C=O) groups excluding carboxylic acids is 1. The van der Waals surface area contributed by atoms with E-state index >= 15 is 0 Å². The summed E-state index contributed by atoms with van der Waals surface area (Å²) >= 11 is 1.17. The zero-order valence-corrected chi connectivity index (χ0v) is 15.5. The van der Waals surface area contributed by atoms with Gasteiger partial charge in [-0.3, -0.25) is 4.79 Å². The molecular weight excluding hydrogens is 358 g/mol. The number of nitrogens with one attached hydrogen (secondary N) is 3. The molecule has 1 aromatic carbocycles. The summed E-state index contributed by atoms with van der Waals surface area (Å²) in [5.41, 5.74) is 2.41. The van der Waals surface area contributed by atoms with E-state index in [1.165, 1.54) is 23.8 Å². The van der Waals surface area contributed by atoms with E-state index in [2.05, 4.69) is 21.4 Å². The van der Waals surface area contributed by atoms with Crippen molar-refractivity contribution < 1.29 is 13.2 Å². The molecule has 1 unspecified atom stereocenters. The van der Waals surface area contributed by atoms with Crippen LogP contribution in [-0.2, 0) is 27.8 Å². The van der Waals surface area contributed by atoms with Gasteiger partial charge in [-0.05, 0) is 36.2 Å². The lowest BCUT2D eigenvalue weighted by atomic mass is 9.95. The second-order valence-corrected chi connectivity index (χ2v) is 9.10. The Morgan fingerprint density at radius 2 is 2.08 bits per heavy atom. The Morgan fingerprint density at radius 3 is 2.88 bits per heavy atom. The van der Waals surface area contributed by atoms with Crippen molar-refractivity contribution in [1.29, 1.82) is 0 Å². The quantitative estimate of drug-likeness (QED) is 0.711. The fraction of sp³-hybridized carbons (Fsp3) is 0.353. The van der Waals surface area contributed by atoms with Gasteiger partial charge in [0.15, 0.2) is 0 Å².